The fourth-order valence-corrected chi connectivity index (χ4v) is 3.89. The number of carbonyl (C=O) groups excluding carboxylic acids is 2. The van der Waals surface area contributed by atoms with Gasteiger partial charge in [0.15, 0.2) is 0 Å². The minimum Gasteiger partial charge on any atom is -0.368 e. The first-order chi connectivity index (χ1) is 17.6. The van der Waals surface area contributed by atoms with E-state index in [4.69, 9.17) is 0 Å². The van der Waals surface area contributed by atoms with E-state index < -0.39 is 0 Å². The Bertz CT molecular complexity index is 1230. The van der Waals surface area contributed by atoms with E-state index in [1.807, 2.05) is 48.5 Å². The second-order valence-electron chi connectivity index (χ2n) is 8.21. The van der Waals surface area contributed by atoms with E-state index >= 15 is 0 Å². The molecule has 0 spiro atoms. The van der Waals surface area contributed by atoms with Crippen LogP contribution in [0.15, 0.2) is 82.8 Å². The number of rotatable bonds is 6. The van der Waals surface area contributed by atoms with E-state index in [1.54, 1.807) is 24.3 Å². The van der Waals surface area contributed by atoms with Gasteiger partial charge in [-0.2, -0.15) is 0 Å². The molecule has 5 rings (SSSR count). The Labute approximate surface area is 208 Å². The van der Waals surface area contributed by atoms with E-state index in [0.29, 0.717) is 22.7 Å². The Kier molecular flexibility index (Phi) is 6.74. The topological polar surface area (TPSA) is 131 Å². The van der Waals surface area contributed by atoms with Crippen LogP contribution in [0, 0.1) is 0 Å². The highest BCUT2D eigenvalue weighted by Crippen LogP contribution is 2.17. The molecular weight excluding hydrogens is 456 g/mol. The first-order valence-corrected chi connectivity index (χ1v) is 11.7. The third-order valence-electron chi connectivity index (χ3n) is 5.54. The Balaban J connectivity index is 1.13. The van der Waals surface area contributed by atoms with Crippen molar-refractivity contribution in [2.45, 2.75) is 0 Å². The van der Waals surface area contributed by atoms with Crippen molar-refractivity contribution < 1.29 is 9.59 Å². The van der Waals surface area contributed by atoms with E-state index in [-0.39, 0.29) is 12.1 Å². The maximum absolute atomic E-state index is 12.4. The number of amidine groups is 2. The number of amides is 4. The molecule has 0 atom stereocenters. The summed E-state index contributed by atoms with van der Waals surface area (Å²) in [6.45, 7) is 3.14. The number of carbonyl (C=O) groups is 2. The van der Waals surface area contributed by atoms with Crippen LogP contribution < -0.4 is 31.9 Å². The number of hydrogen-bond acceptors (Lipinski definition) is 6. The predicted octanol–water partition coefficient (Wildman–Crippen LogP) is 3.67. The molecule has 10 heteroatoms. The Hall–Kier alpha value is -4.86. The lowest BCUT2D eigenvalue weighted by Crippen LogP contribution is -2.22. The van der Waals surface area contributed by atoms with Gasteiger partial charge in [0.1, 0.15) is 11.7 Å². The van der Waals surface area contributed by atoms with Crippen LogP contribution >= 0.6 is 0 Å². The predicted molar refractivity (Wildman–Crippen MR) is 143 cm³/mol. The van der Waals surface area contributed by atoms with Gasteiger partial charge in [-0.05, 0) is 48.5 Å². The number of aliphatic imine (C=N–C) groups is 2. The molecule has 3 aromatic rings. The summed E-state index contributed by atoms with van der Waals surface area (Å²) in [5, 5.41) is 17.7. The SMILES string of the molecule is O=C(Nc1ccc(NC(=O)Nc2cccc(C3=NCCN3)c2)cc1)Nc1cccc(C2=NCCN2)c1. The van der Waals surface area contributed by atoms with Gasteiger partial charge < -0.3 is 31.9 Å². The molecule has 0 unspecified atom stereocenters. The highest BCUT2D eigenvalue weighted by atomic mass is 16.2. The van der Waals surface area contributed by atoms with Gasteiger partial charge >= 0.3 is 12.1 Å². The first-order valence-electron chi connectivity index (χ1n) is 11.7. The minimum absolute atomic E-state index is 0.367. The Morgan fingerprint density at radius 2 is 1.00 bits per heavy atom. The van der Waals surface area contributed by atoms with Crippen LogP contribution in [-0.4, -0.2) is 49.9 Å². The molecule has 2 aliphatic rings. The Morgan fingerprint density at radius 1 is 0.583 bits per heavy atom. The summed E-state index contributed by atoms with van der Waals surface area (Å²) in [6, 6.07) is 21.1. The zero-order valence-corrected chi connectivity index (χ0v) is 19.5. The quantitative estimate of drug-likeness (QED) is 0.320. The van der Waals surface area contributed by atoms with E-state index in [1.165, 1.54) is 0 Å². The van der Waals surface area contributed by atoms with Crippen LogP contribution in [0.3, 0.4) is 0 Å². The van der Waals surface area contributed by atoms with E-state index in [2.05, 4.69) is 41.9 Å². The van der Waals surface area contributed by atoms with Crippen molar-refractivity contribution in [2.24, 2.45) is 9.98 Å². The number of nitrogens with one attached hydrogen (secondary N) is 6. The van der Waals surface area contributed by atoms with Gasteiger partial charge in [-0.3, -0.25) is 9.98 Å². The van der Waals surface area contributed by atoms with E-state index in [0.717, 1.165) is 49.0 Å². The Morgan fingerprint density at radius 3 is 1.39 bits per heavy atom. The molecule has 0 aromatic heterocycles. The van der Waals surface area contributed by atoms with Crippen molar-refractivity contribution in [3.63, 3.8) is 0 Å². The molecule has 6 N–H and O–H groups in total. The monoisotopic (exact) mass is 482 g/mol. The highest BCUT2D eigenvalue weighted by molar-refractivity contribution is 6.04. The summed E-state index contributed by atoms with van der Waals surface area (Å²) in [4.78, 5) is 33.7. The van der Waals surface area contributed by atoms with Gasteiger partial charge in [0, 0.05) is 47.0 Å². The second kappa shape index (κ2) is 10.6. The lowest BCUT2D eigenvalue weighted by molar-refractivity contribution is 0.261. The molecule has 2 aliphatic heterocycles. The first kappa shape index (κ1) is 22.9. The lowest BCUT2D eigenvalue weighted by atomic mass is 10.2. The third kappa shape index (κ3) is 5.79. The summed E-state index contributed by atoms with van der Waals surface area (Å²) >= 11 is 0. The molecule has 0 fully saturated rings. The molecule has 0 saturated heterocycles. The molecule has 0 saturated carbocycles. The summed E-state index contributed by atoms with van der Waals surface area (Å²) in [5.74, 6) is 1.67. The van der Waals surface area contributed by atoms with Crippen molar-refractivity contribution in [1.82, 2.24) is 10.6 Å². The van der Waals surface area contributed by atoms with Crippen molar-refractivity contribution in [2.75, 3.05) is 47.4 Å². The van der Waals surface area contributed by atoms with Gasteiger partial charge in [-0.15, -0.1) is 0 Å². The van der Waals surface area contributed by atoms with Gasteiger partial charge in [0.2, 0.25) is 0 Å². The van der Waals surface area contributed by atoms with Gasteiger partial charge in [-0.1, -0.05) is 24.3 Å². The van der Waals surface area contributed by atoms with Crippen LogP contribution in [0.25, 0.3) is 0 Å². The zero-order chi connectivity index (χ0) is 24.7. The van der Waals surface area contributed by atoms with Crippen molar-refractivity contribution >= 4 is 46.5 Å². The molecule has 4 amide bonds. The fourth-order valence-electron chi connectivity index (χ4n) is 3.89. The maximum atomic E-state index is 12.4. The van der Waals surface area contributed by atoms with Gasteiger partial charge in [0.25, 0.3) is 0 Å². The maximum Gasteiger partial charge on any atom is 0.323 e. The number of anilines is 4. The van der Waals surface area contributed by atoms with E-state index in [9.17, 15) is 9.59 Å². The molecule has 0 radical (unpaired) electrons. The summed E-state index contributed by atoms with van der Waals surface area (Å²) in [6.07, 6.45) is 0. The number of benzene rings is 3. The number of nitrogens with zero attached hydrogens (tertiary/aromatic N) is 2. The van der Waals surface area contributed by atoms with Crippen molar-refractivity contribution in [3.05, 3.63) is 83.9 Å². The normalized spacial score (nSPS) is 14.1. The van der Waals surface area contributed by atoms with Crippen molar-refractivity contribution in [1.29, 1.82) is 0 Å². The average molecular weight is 483 g/mol. The smallest absolute Gasteiger partial charge is 0.323 e. The van der Waals surface area contributed by atoms with Crippen LogP contribution in [0.2, 0.25) is 0 Å². The highest BCUT2D eigenvalue weighted by Gasteiger charge is 2.11. The standard InChI is InChI=1S/C26H26N8O2/c35-25(33-21-5-1-3-17(15-21)23-27-11-12-28-23)31-19-7-9-20(10-8-19)32-26(36)34-22-6-2-4-18(16-22)24-29-13-14-30-24/h1-10,15-16H,11-14H2,(H,27,28)(H,29,30)(H2,31,33,35)(H2,32,34,36). The molecule has 182 valence electrons. The largest absolute Gasteiger partial charge is 0.368 e. The van der Waals surface area contributed by atoms with Crippen LogP contribution in [0.1, 0.15) is 11.1 Å². The second-order valence-corrected chi connectivity index (χ2v) is 8.21. The fraction of sp³-hybridized carbons (Fsp3) is 0.154. The summed E-state index contributed by atoms with van der Waals surface area (Å²) < 4.78 is 0. The summed E-state index contributed by atoms with van der Waals surface area (Å²) in [7, 11) is 0. The average Bonchev–Trinajstić information content (AvgIpc) is 3.61. The molecule has 2 heterocycles. The molecule has 0 aliphatic carbocycles. The third-order valence-corrected chi connectivity index (χ3v) is 5.54. The van der Waals surface area contributed by atoms with Crippen LogP contribution in [0.5, 0.6) is 0 Å². The van der Waals surface area contributed by atoms with Gasteiger partial charge in [-0.25, -0.2) is 9.59 Å². The molecular formula is C26H26N8O2. The number of urea groups is 2. The minimum atomic E-state index is -0.367. The molecule has 3 aromatic carbocycles. The summed E-state index contributed by atoms with van der Waals surface area (Å²) in [5.41, 5.74) is 4.36. The number of hydrogen-bond donors (Lipinski definition) is 6. The van der Waals surface area contributed by atoms with Crippen molar-refractivity contribution in [3.8, 4) is 0 Å². The molecule has 0 bridgehead atoms. The molecule has 10 nitrogen and oxygen atoms in total. The van der Waals surface area contributed by atoms with Crippen LogP contribution in [-0.2, 0) is 0 Å². The lowest BCUT2D eigenvalue weighted by Gasteiger charge is -2.11. The zero-order valence-electron chi connectivity index (χ0n) is 19.5. The molecule has 36 heavy (non-hydrogen) atoms. The van der Waals surface area contributed by atoms with Crippen LogP contribution in [0.4, 0.5) is 32.3 Å². The van der Waals surface area contributed by atoms with Gasteiger partial charge in [0.05, 0.1) is 13.1 Å².